The lowest BCUT2D eigenvalue weighted by Gasteiger charge is -2.35. The lowest BCUT2D eigenvalue weighted by Crippen LogP contribution is -2.50. The monoisotopic (exact) mass is 353 g/mol. The zero-order valence-electron chi connectivity index (χ0n) is 16.2. The maximum Gasteiger partial charge on any atom is 0.410 e. The molecule has 2 rings (SSSR count). The van der Waals surface area contributed by atoms with E-state index in [0.29, 0.717) is 5.96 Å². The number of nitrogens with zero attached hydrogens (tertiary/aromatic N) is 4. The summed E-state index contributed by atoms with van der Waals surface area (Å²) in [6, 6.07) is 0. The highest BCUT2D eigenvalue weighted by Gasteiger charge is 2.25. The number of hydrogen-bond acceptors (Lipinski definition) is 4. The summed E-state index contributed by atoms with van der Waals surface area (Å²) >= 11 is 0. The molecule has 2 aliphatic rings. The van der Waals surface area contributed by atoms with Crippen LogP contribution in [0.5, 0.6) is 0 Å². The first-order chi connectivity index (χ1) is 11.8. The van der Waals surface area contributed by atoms with E-state index in [0.717, 1.165) is 58.8 Å². The number of piperazine rings is 1. The van der Waals surface area contributed by atoms with Crippen LogP contribution in [0.4, 0.5) is 4.79 Å². The van der Waals surface area contributed by atoms with Gasteiger partial charge in [-0.15, -0.1) is 0 Å². The van der Waals surface area contributed by atoms with Gasteiger partial charge < -0.3 is 20.3 Å². The normalized spacial score (nSPS) is 20.7. The van der Waals surface area contributed by atoms with Gasteiger partial charge in [0.2, 0.25) is 0 Å². The van der Waals surface area contributed by atoms with Crippen molar-refractivity contribution in [1.82, 2.24) is 14.7 Å². The minimum Gasteiger partial charge on any atom is -0.444 e. The standard InChI is InChI=1S/C18H35N5O2/c1-18(2,3)25-17(24)23-14-12-21(13-15-23)9-7-8-20-16(19)22-10-5-4-6-11-22/h4-15H2,1-3H3,(H2,19,20). The van der Waals surface area contributed by atoms with E-state index < -0.39 is 5.60 Å². The summed E-state index contributed by atoms with van der Waals surface area (Å²) in [6.07, 6.45) is 4.54. The van der Waals surface area contributed by atoms with Gasteiger partial charge in [0.25, 0.3) is 0 Å². The molecule has 2 aliphatic heterocycles. The summed E-state index contributed by atoms with van der Waals surface area (Å²) in [6.45, 7) is 12.8. The number of nitrogens with two attached hydrogens (primary N) is 1. The van der Waals surface area contributed by atoms with Crippen LogP contribution >= 0.6 is 0 Å². The maximum absolute atomic E-state index is 12.1. The molecule has 1 amide bonds. The molecule has 2 heterocycles. The van der Waals surface area contributed by atoms with Crippen LogP contribution in [0.3, 0.4) is 0 Å². The number of amides is 1. The van der Waals surface area contributed by atoms with E-state index in [2.05, 4.69) is 14.8 Å². The van der Waals surface area contributed by atoms with Crippen LogP contribution in [0.25, 0.3) is 0 Å². The number of piperidine rings is 1. The van der Waals surface area contributed by atoms with E-state index in [4.69, 9.17) is 10.5 Å². The number of rotatable bonds is 4. The van der Waals surface area contributed by atoms with Crippen molar-refractivity contribution in [3.63, 3.8) is 0 Å². The molecule has 2 fully saturated rings. The second kappa shape index (κ2) is 9.27. The summed E-state index contributed by atoms with van der Waals surface area (Å²) < 4.78 is 5.43. The molecule has 2 saturated heterocycles. The molecule has 0 aromatic rings. The lowest BCUT2D eigenvalue weighted by molar-refractivity contribution is 0.0145. The van der Waals surface area contributed by atoms with Crippen molar-refractivity contribution in [2.45, 2.75) is 52.1 Å². The van der Waals surface area contributed by atoms with Gasteiger partial charge in [-0.3, -0.25) is 9.89 Å². The Morgan fingerprint density at radius 3 is 2.24 bits per heavy atom. The number of guanidine groups is 1. The SMILES string of the molecule is CC(C)(C)OC(=O)N1CCN(CCCN=C(N)N2CCCCC2)CC1. The number of aliphatic imine (C=N–C) groups is 1. The predicted octanol–water partition coefficient (Wildman–Crippen LogP) is 1.73. The first-order valence-corrected chi connectivity index (χ1v) is 9.60. The van der Waals surface area contributed by atoms with E-state index >= 15 is 0 Å². The van der Waals surface area contributed by atoms with Gasteiger partial charge in [0, 0.05) is 52.4 Å². The number of likely N-dealkylation sites (tertiary alicyclic amines) is 1. The second-order valence-electron chi connectivity index (χ2n) is 7.95. The molecule has 2 N–H and O–H groups in total. The number of ether oxygens (including phenoxy) is 1. The fourth-order valence-electron chi connectivity index (χ4n) is 3.19. The van der Waals surface area contributed by atoms with Crippen LogP contribution in [0.2, 0.25) is 0 Å². The average Bonchev–Trinajstić information content (AvgIpc) is 2.58. The minimum absolute atomic E-state index is 0.203. The van der Waals surface area contributed by atoms with Crippen molar-refractivity contribution in [2.75, 3.05) is 52.4 Å². The van der Waals surface area contributed by atoms with Gasteiger partial charge in [-0.05, 0) is 46.5 Å². The van der Waals surface area contributed by atoms with Crippen molar-refractivity contribution in [1.29, 1.82) is 0 Å². The number of carbonyl (C=O) groups excluding carboxylic acids is 1. The Balaban J connectivity index is 1.61. The maximum atomic E-state index is 12.1. The Morgan fingerprint density at radius 1 is 1.00 bits per heavy atom. The summed E-state index contributed by atoms with van der Waals surface area (Å²) in [5, 5.41) is 0. The molecule has 0 aromatic carbocycles. The van der Waals surface area contributed by atoms with Crippen molar-refractivity contribution < 1.29 is 9.53 Å². The third kappa shape index (κ3) is 7.10. The fraction of sp³-hybridized carbons (Fsp3) is 0.889. The van der Waals surface area contributed by atoms with Gasteiger partial charge in [0.05, 0.1) is 0 Å². The molecule has 0 saturated carbocycles. The largest absolute Gasteiger partial charge is 0.444 e. The van der Waals surface area contributed by atoms with Crippen LogP contribution in [0, 0.1) is 0 Å². The van der Waals surface area contributed by atoms with Crippen molar-refractivity contribution in [3.8, 4) is 0 Å². The van der Waals surface area contributed by atoms with E-state index in [-0.39, 0.29) is 6.09 Å². The van der Waals surface area contributed by atoms with Gasteiger partial charge in [-0.1, -0.05) is 0 Å². The molecule has 0 radical (unpaired) electrons. The van der Waals surface area contributed by atoms with E-state index in [1.807, 2.05) is 20.8 Å². The molecule has 7 heteroatoms. The summed E-state index contributed by atoms with van der Waals surface area (Å²) in [5.41, 5.74) is 5.64. The highest BCUT2D eigenvalue weighted by atomic mass is 16.6. The second-order valence-corrected chi connectivity index (χ2v) is 7.95. The van der Waals surface area contributed by atoms with Gasteiger partial charge >= 0.3 is 6.09 Å². The Morgan fingerprint density at radius 2 is 1.64 bits per heavy atom. The van der Waals surface area contributed by atoms with Crippen molar-refractivity contribution >= 4 is 12.1 Å². The summed E-state index contributed by atoms with van der Waals surface area (Å²) in [7, 11) is 0. The number of carbonyl (C=O) groups is 1. The Labute approximate surface area is 152 Å². The van der Waals surface area contributed by atoms with Gasteiger partial charge in [-0.25, -0.2) is 4.79 Å². The zero-order valence-corrected chi connectivity index (χ0v) is 16.2. The van der Waals surface area contributed by atoms with Gasteiger partial charge in [0.1, 0.15) is 5.60 Å². The zero-order chi connectivity index (χ0) is 18.3. The van der Waals surface area contributed by atoms with E-state index in [1.165, 1.54) is 19.3 Å². The Bertz CT molecular complexity index is 447. The molecular formula is C18H35N5O2. The van der Waals surface area contributed by atoms with Gasteiger partial charge in [0.15, 0.2) is 5.96 Å². The average molecular weight is 354 g/mol. The molecule has 0 aromatic heterocycles. The Kier molecular flexibility index (Phi) is 7.35. The third-order valence-corrected chi connectivity index (χ3v) is 4.61. The molecule has 144 valence electrons. The lowest BCUT2D eigenvalue weighted by atomic mass is 10.1. The molecular weight excluding hydrogens is 318 g/mol. The van der Waals surface area contributed by atoms with E-state index in [9.17, 15) is 4.79 Å². The summed E-state index contributed by atoms with van der Waals surface area (Å²) in [4.78, 5) is 23.0. The summed E-state index contributed by atoms with van der Waals surface area (Å²) in [5.74, 6) is 0.703. The predicted molar refractivity (Wildman–Crippen MR) is 101 cm³/mol. The smallest absolute Gasteiger partial charge is 0.410 e. The van der Waals surface area contributed by atoms with Crippen LogP contribution < -0.4 is 5.73 Å². The molecule has 0 atom stereocenters. The minimum atomic E-state index is -0.430. The van der Waals surface area contributed by atoms with Crippen LogP contribution in [-0.4, -0.2) is 84.7 Å². The number of hydrogen-bond donors (Lipinski definition) is 1. The molecule has 0 bridgehead atoms. The van der Waals surface area contributed by atoms with E-state index in [1.54, 1.807) is 4.90 Å². The van der Waals surface area contributed by atoms with Crippen LogP contribution in [-0.2, 0) is 4.74 Å². The highest BCUT2D eigenvalue weighted by Crippen LogP contribution is 2.12. The molecule has 7 nitrogen and oxygen atoms in total. The molecule has 0 aliphatic carbocycles. The Hall–Kier alpha value is -1.50. The van der Waals surface area contributed by atoms with Crippen molar-refractivity contribution in [2.24, 2.45) is 10.7 Å². The van der Waals surface area contributed by atoms with Crippen LogP contribution in [0.1, 0.15) is 46.5 Å². The van der Waals surface area contributed by atoms with Gasteiger partial charge in [-0.2, -0.15) is 0 Å². The topological polar surface area (TPSA) is 74.4 Å². The highest BCUT2D eigenvalue weighted by molar-refractivity contribution is 5.78. The first-order valence-electron chi connectivity index (χ1n) is 9.60. The quantitative estimate of drug-likeness (QED) is 0.473. The first kappa shape index (κ1) is 19.8. The molecule has 25 heavy (non-hydrogen) atoms. The molecule has 0 unspecified atom stereocenters. The van der Waals surface area contributed by atoms with Crippen LogP contribution in [0.15, 0.2) is 4.99 Å². The molecule has 0 spiro atoms. The van der Waals surface area contributed by atoms with Crippen molar-refractivity contribution in [3.05, 3.63) is 0 Å². The fourth-order valence-corrected chi connectivity index (χ4v) is 3.19. The third-order valence-electron chi connectivity index (χ3n) is 4.61.